The topological polar surface area (TPSA) is 31.4 Å². The highest BCUT2D eigenvalue weighted by molar-refractivity contribution is 5.44. The molecule has 0 aliphatic carbocycles. The van der Waals surface area contributed by atoms with E-state index in [1.807, 2.05) is 20.8 Å². The number of methoxy groups -OCH3 is 1. The fourth-order valence-corrected chi connectivity index (χ4v) is 1.61. The molecule has 0 unspecified atom stereocenters. The lowest BCUT2D eigenvalue weighted by molar-refractivity contribution is 0.179. The molecule has 3 nitrogen and oxygen atoms in total. The quantitative estimate of drug-likeness (QED) is 0.716. The van der Waals surface area contributed by atoms with Crippen LogP contribution in [-0.2, 0) is 11.3 Å². The van der Waals surface area contributed by atoms with Crippen LogP contribution in [0.4, 0.5) is 0 Å². The van der Waals surface area contributed by atoms with Crippen molar-refractivity contribution in [2.75, 3.05) is 13.7 Å². The summed E-state index contributed by atoms with van der Waals surface area (Å²) in [6.07, 6.45) is 1.74. The summed E-state index contributed by atoms with van der Waals surface area (Å²) >= 11 is 0. The van der Waals surface area contributed by atoms with Crippen LogP contribution in [0.25, 0.3) is 0 Å². The Bertz CT molecular complexity index is 386. The molecule has 0 aliphatic heterocycles. The van der Waals surface area contributed by atoms with Crippen LogP contribution in [0.2, 0.25) is 0 Å². The first-order valence-electron chi connectivity index (χ1n) is 5.31. The highest BCUT2D eigenvalue weighted by atomic mass is 16.5. The molecule has 1 heterocycles. The SMILES string of the molecule is C=CCOc1c(C)c(C)nc(C)c1COC. The molecule has 0 saturated heterocycles. The van der Waals surface area contributed by atoms with Crippen LogP contribution in [0.3, 0.4) is 0 Å². The van der Waals surface area contributed by atoms with Gasteiger partial charge in [-0.2, -0.15) is 0 Å². The van der Waals surface area contributed by atoms with E-state index in [9.17, 15) is 0 Å². The van der Waals surface area contributed by atoms with Gasteiger partial charge in [0.15, 0.2) is 0 Å². The molecule has 0 fully saturated rings. The van der Waals surface area contributed by atoms with Gasteiger partial charge in [0.2, 0.25) is 0 Å². The van der Waals surface area contributed by atoms with E-state index in [-0.39, 0.29) is 0 Å². The molecule has 16 heavy (non-hydrogen) atoms. The second-order valence-electron chi connectivity index (χ2n) is 3.75. The Labute approximate surface area is 97.1 Å². The van der Waals surface area contributed by atoms with Crippen LogP contribution in [0, 0.1) is 20.8 Å². The maximum Gasteiger partial charge on any atom is 0.131 e. The maximum atomic E-state index is 5.69. The zero-order valence-corrected chi connectivity index (χ0v) is 10.5. The van der Waals surface area contributed by atoms with Crippen molar-refractivity contribution in [3.63, 3.8) is 0 Å². The van der Waals surface area contributed by atoms with Gasteiger partial charge in [-0.25, -0.2) is 0 Å². The summed E-state index contributed by atoms with van der Waals surface area (Å²) in [4.78, 5) is 4.47. The molecule has 1 aromatic rings. The third kappa shape index (κ3) is 2.61. The Morgan fingerprint density at radius 2 is 1.94 bits per heavy atom. The van der Waals surface area contributed by atoms with Crippen molar-refractivity contribution >= 4 is 0 Å². The number of pyridine rings is 1. The molecule has 1 aromatic heterocycles. The standard InChI is InChI=1S/C13H19NO2/c1-6-7-16-13-9(2)10(3)14-11(4)12(13)8-15-5/h6H,1,7-8H2,2-5H3. The summed E-state index contributed by atoms with van der Waals surface area (Å²) < 4.78 is 10.9. The van der Waals surface area contributed by atoms with Gasteiger partial charge >= 0.3 is 0 Å². The van der Waals surface area contributed by atoms with Crippen LogP contribution in [0.5, 0.6) is 5.75 Å². The summed E-state index contributed by atoms with van der Waals surface area (Å²) in [6.45, 7) is 10.6. The lowest BCUT2D eigenvalue weighted by Crippen LogP contribution is -2.06. The van der Waals surface area contributed by atoms with Crippen molar-refractivity contribution in [2.45, 2.75) is 27.4 Å². The first-order chi connectivity index (χ1) is 7.61. The predicted molar refractivity (Wildman–Crippen MR) is 64.9 cm³/mol. The number of aryl methyl sites for hydroxylation is 2. The van der Waals surface area contributed by atoms with Gasteiger partial charge in [-0.05, 0) is 20.8 Å². The Morgan fingerprint density at radius 1 is 1.25 bits per heavy atom. The number of nitrogens with zero attached hydrogens (tertiary/aromatic N) is 1. The zero-order valence-electron chi connectivity index (χ0n) is 10.5. The largest absolute Gasteiger partial charge is 0.489 e. The van der Waals surface area contributed by atoms with E-state index < -0.39 is 0 Å². The molecule has 0 atom stereocenters. The monoisotopic (exact) mass is 221 g/mol. The van der Waals surface area contributed by atoms with Crippen molar-refractivity contribution in [3.05, 3.63) is 35.2 Å². The summed E-state index contributed by atoms with van der Waals surface area (Å²) in [5.41, 5.74) is 4.05. The van der Waals surface area contributed by atoms with E-state index in [1.54, 1.807) is 13.2 Å². The second kappa shape index (κ2) is 5.66. The first-order valence-corrected chi connectivity index (χ1v) is 5.31. The Morgan fingerprint density at radius 3 is 2.50 bits per heavy atom. The summed E-state index contributed by atoms with van der Waals surface area (Å²) in [7, 11) is 1.67. The van der Waals surface area contributed by atoms with Gasteiger partial charge in [-0.15, -0.1) is 0 Å². The van der Waals surface area contributed by atoms with Crippen molar-refractivity contribution in [2.24, 2.45) is 0 Å². The van der Waals surface area contributed by atoms with Crippen molar-refractivity contribution in [3.8, 4) is 5.75 Å². The predicted octanol–water partition coefficient (Wildman–Crippen LogP) is 2.72. The van der Waals surface area contributed by atoms with Crippen LogP contribution in [0.1, 0.15) is 22.5 Å². The molecule has 0 aromatic carbocycles. The summed E-state index contributed by atoms with van der Waals surface area (Å²) in [6, 6.07) is 0. The van der Waals surface area contributed by atoms with Crippen LogP contribution < -0.4 is 4.74 Å². The molecule has 0 radical (unpaired) electrons. The second-order valence-corrected chi connectivity index (χ2v) is 3.75. The minimum absolute atomic E-state index is 0.500. The molecule has 0 N–H and O–H groups in total. The van der Waals surface area contributed by atoms with Gasteiger partial charge in [-0.3, -0.25) is 4.98 Å². The molecule has 88 valence electrons. The molecule has 0 amide bonds. The van der Waals surface area contributed by atoms with Crippen molar-refractivity contribution < 1.29 is 9.47 Å². The number of rotatable bonds is 5. The minimum atomic E-state index is 0.500. The molecule has 0 spiro atoms. The van der Waals surface area contributed by atoms with Crippen molar-refractivity contribution in [1.29, 1.82) is 0 Å². The van der Waals surface area contributed by atoms with E-state index in [1.165, 1.54) is 0 Å². The molecule has 0 aliphatic rings. The van der Waals surface area contributed by atoms with Crippen molar-refractivity contribution in [1.82, 2.24) is 4.98 Å². The molecule has 1 rings (SSSR count). The van der Waals surface area contributed by atoms with Crippen LogP contribution in [-0.4, -0.2) is 18.7 Å². The molecular formula is C13H19NO2. The van der Waals surface area contributed by atoms with Gasteiger partial charge in [0.05, 0.1) is 6.61 Å². The highest BCUT2D eigenvalue weighted by Gasteiger charge is 2.13. The smallest absolute Gasteiger partial charge is 0.131 e. The molecule has 0 bridgehead atoms. The fourth-order valence-electron chi connectivity index (χ4n) is 1.61. The maximum absolute atomic E-state index is 5.69. The Balaban J connectivity index is 3.21. The molecule has 3 heteroatoms. The molecular weight excluding hydrogens is 202 g/mol. The van der Waals surface area contributed by atoms with E-state index in [2.05, 4.69) is 11.6 Å². The van der Waals surface area contributed by atoms with E-state index in [0.717, 1.165) is 28.3 Å². The molecule has 0 saturated carbocycles. The first kappa shape index (κ1) is 12.7. The number of hydrogen-bond donors (Lipinski definition) is 0. The van der Waals surface area contributed by atoms with Gasteiger partial charge < -0.3 is 9.47 Å². The number of aromatic nitrogens is 1. The Kier molecular flexibility index (Phi) is 4.50. The third-order valence-corrected chi connectivity index (χ3v) is 2.56. The highest BCUT2D eigenvalue weighted by Crippen LogP contribution is 2.28. The summed E-state index contributed by atoms with van der Waals surface area (Å²) in [5, 5.41) is 0. The van der Waals surface area contributed by atoms with E-state index in [4.69, 9.17) is 9.47 Å². The summed E-state index contributed by atoms with van der Waals surface area (Å²) in [5.74, 6) is 0.881. The van der Waals surface area contributed by atoms with Gasteiger partial charge in [0, 0.05) is 29.6 Å². The zero-order chi connectivity index (χ0) is 12.1. The van der Waals surface area contributed by atoms with Crippen LogP contribution in [0.15, 0.2) is 12.7 Å². The van der Waals surface area contributed by atoms with Gasteiger partial charge in [-0.1, -0.05) is 12.7 Å². The average Bonchev–Trinajstić information content (AvgIpc) is 2.25. The number of hydrogen-bond acceptors (Lipinski definition) is 3. The van der Waals surface area contributed by atoms with E-state index in [0.29, 0.717) is 13.2 Å². The fraction of sp³-hybridized carbons (Fsp3) is 0.462. The van der Waals surface area contributed by atoms with Gasteiger partial charge in [0.1, 0.15) is 12.4 Å². The lowest BCUT2D eigenvalue weighted by Gasteiger charge is -2.16. The third-order valence-electron chi connectivity index (χ3n) is 2.56. The normalized spacial score (nSPS) is 10.2. The van der Waals surface area contributed by atoms with Crippen LogP contribution >= 0.6 is 0 Å². The van der Waals surface area contributed by atoms with Gasteiger partial charge in [0.25, 0.3) is 0 Å². The Hall–Kier alpha value is -1.35. The minimum Gasteiger partial charge on any atom is -0.489 e. The number of ether oxygens (including phenoxy) is 2. The average molecular weight is 221 g/mol. The lowest BCUT2D eigenvalue weighted by atomic mass is 10.1. The van der Waals surface area contributed by atoms with E-state index >= 15 is 0 Å².